The maximum absolute atomic E-state index is 12.7. The van der Waals surface area contributed by atoms with Crippen molar-refractivity contribution in [2.45, 2.75) is 13.8 Å². The van der Waals surface area contributed by atoms with E-state index in [0.717, 1.165) is 59.4 Å². The molecule has 0 bridgehead atoms. The van der Waals surface area contributed by atoms with Crippen molar-refractivity contribution in [3.8, 4) is 0 Å². The highest BCUT2D eigenvalue weighted by molar-refractivity contribution is 9.10. The summed E-state index contributed by atoms with van der Waals surface area (Å²) in [4.78, 5) is 20.4. The Bertz CT molecular complexity index is 671. The Hall–Kier alpha value is -1.33. The maximum atomic E-state index is 12.7. The number of H-pyrrole nitrogens is 1. The summed E-state index contributed by atoms with van der Waals surface area (Å²) in [5.41, 5.74) is 2.79. The third-order valence-electron chi connectivity index (χ3n) is 4.34. The molecular formula is C16H20BrN3O. The lowest BCUT2D eigenvalue weighted by Crippen LogP contribution is -2.48. The summed E-state index contributed by atoms with van der Waals surface area (Å²) in [6.07, 6.45) is 0. The molecule has 0 radical (unpaired) electrons. The number of halogens is 1. The van der Waals surface area contributed by atoms with Crippen molar-refractivity contribution < 1.29 is 4.79 Å². The number of hydrogen-bond donors (Lipinski definition) is 1. The number of aryl methyl sites for hydroxylation is 1. The number of aromatic amines is 1. The van der Waals surface area contributed by atoms with Gasteiger partial charge in [-0.25, -0.2) is 0 Å². The lowest BCUT2D eigenvalue weighted by atomic mass is 10.1. The van der Waals surface area contributed by atoms with Crippen molar-refractivity contribution in [1.82, 2.24) is 14.8 Å². The number of benzene rings is 1. The van der Waals surface area contributed by atoms with Crippen LogP contribution >= 0.6 is 15.9 Å². The minimum atomic E-state index is 0.121. The molecule has 2 aromatic rings. The topological polar surface area (TPSA) is 39.3 Å². The van der Waals surface area contributed by atoms with Gasteiger partial charge < -0.3 is 14.8 Å². The Labute approximate surface area is 133 Å². The summed E-state index contributed by atoms with van der Waals surface area (Å²) in [6.45, 7) is 8.79. The Morgan fingerprint density at radius 1 is 1.29 bits per heavy atom. The summed E-state index contributed by atoms with van der Waals surface area (Å²) in [6, 6.07) is 6.07. The number of piperazine rings is 1. The molecule has 1 aliphatic rings. The molecule has 4 nitrogen and oxygen atoms in total. The number of nitrogens with zero attached hydrogens (tertiary/aromatic N) is 2. The highest BCUT2D eigenvalue weighted by Crippen LogP contribution is 2.26. The van der Waals surface area contributed by atoms with Gasteiger partial charge in [0.15, 0.2) is 0 Å². The van der Waals surface area contributed by atoms with Crippen LogP contribution in [0.4, 0.5) is 0 Å². The minimum absolute atomic E-state index is 0.121. The van der Waals surface area contributed by atoms with E-state index in [1.807, 2.05) is 24.0 Å². The van der Waals surface area contributed by atoms with E-state index in [9.17, 15) is 4.79 Å². The maximum Gasteiger partial charge on any atom is 0.270 e. The van der Waals surface area contributed by atoms with Gasteiger partial charge in [-0.2, -0.15) is 0 Å². The van der Waals surface area contributed by atoms with E-state index >= 15 is 0 Å². The van der Waals surface area contributed by atoms with Gasteiger partial charge >= 0.3 is 0 Å². The fourth-order valence-electron chi connectivity index (χ4n) is 2.94. The van der Waals surface area contributed by atoms with E-state index in [-0.39, 0.29) is 5.91 Å². The molecule has 1 saturated heterocycles. The van der Waals surface area contributed by atoms with Crippen molar-refractivity contribution in [1.29, 1.82) is 0 Å². The summed E-state index contributed by atoms with van der Waals surface area (Å²) < 4.78 is 1.03. The van der Waals surface area contributed by atoms with Crippen molar-refractivity contribution >= 4 is 32.7 Å². The van der Waals surface area contributed by atoms with Gasteiger partial charge in [0, 0.05) is 41.6 Å². The summed E-state index contributed by atoms with van der Waals surface area (Å²) in [5.74, 6) is 0.121. The Balaban J connectivity index is 1.87. The molecule has 0 unspecified atom stereocenters. The van der Waals surface area contributed by atoms with Gasteiger partial charge in [-0.05, 0) is 37.2 Å². The van der Waals surface area contributed by atoms with Crippen molar-refractivity contribution in [2.24, 2.45) is 0 Å². The van der Waals surface area contributed by atoms with Crippen LogP contribution in [0, 0.1) is 6.92 Å². The first-order chi connectivity index (χ1) is 10.1. The predicted octanol–water partition coefficient (Wildman–Crippen LogP) is 3.02. The van der Waals surface area contributed by atoms with E-state index in [2.05, 4.69) is 38.8 Å². The number of amides is 1. The first-order valence-electron chi connectivity index (χ1n) is 7.39. The molecule has 1 N–H and O–H groups in total. The Morgan fingerprint density at radius 3 is 2.67 bits per heavy atom. The summed E-state index contributed by atoms with van der Waals surface area (Å²) in [7, 11) is 0. The molecule has 112 valence electrons. The third kappa shape index (κ3) is 2.72. The van der Waals surface area contributed by atoms with E-state index < -0.39 is 0 Å². The molecule has 1 aromatic heterocycles. The number of nitrogens with one attached hydrogen (secondary N) is 1. The van der Waals surface area contributed by atoms with Gasteiger partial charge in [0.2, 0.25) is 0 Å². The van der Waals surface area contributed by atoms with Crippen LogP contribution in [-0.4, -0.2) is 53.4 Å². The van der Waals surface area contributed by atoms with Crippen LogP contribution in [0.5, 0.6) is 0 Å². The predicted molar refractivity (Wildman–Crippen MR) is 88.8 cm³/mol. The molecule has 0 aliphatic carbocycles. The number of aromatic nitrogens is 1. The first-order valence-corrected chi connectivity index (χ1v) is 8.19. The standard InChI is InChI=1S/C16H20BrN3O/c1-3-19-6-8-20(9-7-19)16(21)15-11(2)13-10-12(17)4-5-14(13)18-15/h4-5,10,18H,3,6-9H2,1-2H3. The number of carbonyl (C=O) groups is 1. The third-order valence-corrected chi connectivity index (χ3v) is 4.83. The molecule has 0 atom stereocenters. The summed E-state index contributed by atoms with van der Waals surface area (Å²) in [5, 5.41) is 1.11. The van der Waals surface area contributed by atoms with Crippen LogP contribution in [-0.2, 0) is 0 Å². The molecule has 1 aromatic carbocycles. The number of rotatable bonds is 2. The second kappa shape index (κ2) is 5.81. The average Bonchev–Trinajstić information content (AvgIpc) is 2.83. The van der Waals surface area contributed by atoms with Gasteiger partial charge in [0.05, 0.1) is 0 Å². The second-order valence-electron chi connectivity index (χ2n) is 5.54. The zero-order valence-electron chi connectivity index (χ0n) is 12.4. The molecular weight excluding hydrogens is 330 g/mol. The van der Waals surface area contributed by atoms with Gasteiger partial charge in [-0.15, -0.1) is 0 Å². The number of fused-ring (bicyclic) bond motifs is 1. The molecule has 1 fully saturated rings. The lowest BCUT2D eigenvalue weighted by Gasteiger charge is -2.33. The minimum Gasteiger partial charge on any atom is -0.350 e. The molecule has 5 heteroatoms. The quantitative estimate of drug-likeness (QED) is 0.904. The molecule has 0 saturated carbocycles. The van der Waals surface area contributed by atoms with E-state index in [1.165, 1.54) is 0 Å². The SMILES string of the molecule is CCN1CCN(C(=O)c2[nH]c3ccc(Br)cc3c2C)CC1. The lowest BCUT2D eigenvalue weighted by molar-refractivity contribution is 0.0638. The van der Waals surface area contributed by atoms with Crippen LogP contribution in [0.1, 0.15) is 23.0 Å². The number of hydrogen-bond acceptors (Lipinski definition) is 2. The zero-order valence-corrected chi connectivity index (χ0v) is 14.0. The van der Waals surface area contributed by atoms with E-state index in [4.69, 9.17) is 0 Å². The highest BCUT2D eigenvalue weighted by atomic mass is 79.9. The van der Waals surface area contributed by atoms with Crippen LogP contribution in [0.15, 0.2) is 22.7 Å². The smallest absolute Gasteiger partial charge is 0.270 e. The monoisotopic (exact) mass is 349 g/mol. The molecule has 2 heterocycles. The zero-order chi connectivity index (χ0) is 15.0. The first kappa shape index (κ1) is 14.6. The van der Waals surface area contributed by atoms with Crippen molar-refractivity contribution in [3.05, 3.63) is 33.9 Å². The highest BCUT2D eigenvalue weighted by Gasteiger charge is 2.24. The Morgan fingerprint density at radius 2 is 2.00 bits per heavy atom. The second-order valence-corrected chi connectivity index (χ2v) is 6.46. The Kier molecular flexibility index (Phi) is 4.04. The van der Waals surface area contributed by atoms with Crippen LogP contribution in [0.3, 0.4) is 0 Å². The molecule has 1 aliphatic heterocycles. The van der Waals surface area contributed by atoms with Crippen molar-refractivity contribution in [2.75, 3.05) is 32.7 Å². The van der Waals surface area contributed by atoms with Crippen LogP contribution < -0.4 is 0 Å². The van der Waals surface area contributed by atoms with Gasteiger partial charge in [-0.1, -0.05) is 22.9 Å². The van der Waals surface area contributed by atoms with Crippen molar-refractivity contribution in [3.63, 3.8) is 0 Å². The van der Waals surface area contributed by atoms with Crippen LogP contribution in [0.25, 0.3) is 10.9 Å². The number of carbonyl (C=O) groups excluding carboxylic acids is 1. The van der Waals surface area contributed by atoms with Crippen LogP contribution in [0.2, 0.25) is 0 Å². The van der Waals surface area contributed by atoms with E-state index in [0.29, 0.717) is 0 Å². The van der Waals surface area contributed by atoms with Gasteiger partial charge in [0.25, 0.3) is 5.91 Å². The van der Waals surface area contributed by atoms with Gasteiger partial charge in [0.1, 0.15) is 5.69 Å². The molecule has 3 rings (SSSR count). The largest absolute Gasteiger partial charge is 0.350 e. The fourth-order valence-corrected chi connectivity index (χ4v) is 3.30. The molecule has 0 spiro atoms. The van der Waals surface area contributed by atoms with E-state index in [1.54, 1.807) is 0 Å². The molecule has 21 heavy (non-hydrogen) atoms. The summed E-state index contributed by atoms with van der Waals surface area (Å²) >= 11 is 3.49. The fraction of sp³-hybridized carbons (Fsp3) is 0.438. The molecule has 1 amide bonds. The number of likely N-dealkylation sites (N-methyl/N-ethyl adjacent to an activating group) is 1. The normalized spacial score (nSPS) is 16.6. The van der Waals surface area contributed by atoms with Gasteiger partial charge in [-0.3, -0.25) is 4.79 Å². The average molecular weight is 350 g/mol.